The highest BCUT2D eigenvalue weighted by Crippen LogP contribution is 2.20. The maximum Gasteiger partial charge on any atom is 0.273 e. The number of furan rings is 1. The average molecular weight is 270 g/mol. The molecule has 0 fully saturated rings. The topological polar surface area (TPSA) is 85.3 Å². The number of hydrogen-bond donors (Lipinski definition) is 2. The largest absolute Gasteiger partial charge is 0.447 e. The smallest absolute Gasteiger partial charge is 0.273 e. The van der Waals surface area contributed by atoms with Crippen LogP contribution in [0.15, 0.2) is 33.3 Å². The van der Waals surface area contributed by atoms with Crippen molar-refractivity contribution in [3.63, 3.8) is 0 Å². The van der Waals surface area contributed by atoms with E-state index in [-0.39, 0.29) is 11.6 Å². The van der Waals surface area contributed by atoms with Crippen molar-refractivity contribution in [2.24, 2.45) is 5.73 Å². The molecule has 0 unspecified atom stereocenters. The summed E-state index contributed by atoms with van der Waals surface area (Å²) >= 11 is 0. The number of hydrogen-bond acceptors (Lipinski definition) is 4. The van der Waals surface area contributed by atoms with E-state index in [1.54, 1.807) is 6.07 Å². The van der Waals surface area contributed by atoms with Gasteiger partial charge in [-0.1, -0.05) is 11.6 Å². The van der Waals surface area contributed by atoms with Gasteiger partial charge in [0.2, 0.25) is 5.09 Å². The molecule has 0 saturated carbocycles. The standard InChI is InChI=1S/C12H18N2O3S/c13-9-11-5-6-12(17-11)18(15,16)14-8-7-10-3-1-2-4-10/h3,5-6,14H,1-2,4,7-9,13H2. The maximum absolute atomic E-state index is 11.9. The molecule has 5 nitrogen and oxygen atoms in total. The zero-order chi connectivity index (χ0) is 13.0. The molecule has 0 atom stereocenters. The molecule has 2 rings (SSSR count). The highest BCUT2D eigenvalue weighted by atomic mass is 32.2. The first-order valence-corrected chi connectivity index (χ1v) is 7.56. The van der Waals surface area contributed by atoms with E-state index < -0.39 is 10.0 Å². The fourth-order valence-corrected chi connectivity index (χ4v) is 2.97. The Labute approximate surface area is 107 Å². The van der Waals surface area contributed by atoms with E-state index in [0.29, 0.717) is 12.3 Å². The van der Waals surface area contributed by atoms with Crippen LogP contribution < -0.4 is 10.5 Å². The van der Waals surface area contributed by atoms with E-state index in [9.17, 15) is 8.42 Å². The van der Waals surface area contributed by atoms with Crippen molar-refractivity contribution in [3.05, 3.63) is 29.5 Å². The molecule has 0 bridgehead atoms. The Morgan fingerprint density at radius 2 is 2.22 bits per heavy atom. The van der Waals surface area contributed by atoms with Crippen LogP contribution in [0.4, 0.5) is 0 Å². The molecule has 1 aliphatic rings. The van der Waals surface area contributed by atoms with Crippen molar-refractivity contribution >= 4 is 10.0 Å². The second-order valence-corrected chi connectivity index (χ2v) is 6.03. The second-order valence-electron chi connectivity index (χ2n) is 4.33. The molecule has 0 spiro atoms. The van der Waals surface area contributed by atoms with Gasteiger partial charge in [0.05, 0.1) is 6.54 Å². The molecule has 0 amide bonds. The first-order chi connectivity index (χ1) is 8.62. The van der Waals surface area contributed by atoms with Crippen LogP contribution in [0.25, 0.3) is 0 Å². The predicted molar refractivity (Wildman–Crippen MR) is 68.3 cm³/mol. The lowest BCUT2D eigenvalue weighted by Crippen LogP contribution is -2.24. The monoisotopic (exact) mass is 270 g/mol. The van der Waals surface area contributed by atoms with E-state index in [2.05, 4.69) is 10.8 Å². The third kappa shape index (κ3) is 3.22. The van der Waals surface area contributed by atoms with Gasteiger partial charge in [-0.3, -0.25) is 0 Å². The Bertz CT molecular complexity index is 531. The summed E-state index contributed by atoms with van der Waals surface area (Å²) in [6.07, 6.45) is 6.33. The lowest BCUT2D eigenvalue weighted by atomic mass is 10.2. The highest BCUT2D eigenvalue weighted by molar-refractivity contribution is 7.89. The molecule has 1 aromatic heterocycles. The summed E-state index contributed by atoms with van der Waals surface area (Å²) in [5.74, 6) is 0.467. The third-order valence-corrected chi connectivity index (χ3v) is 4.31. The third-order valence-electron chi connectivity index (χ3n) is 2.98. The van der Waals surface area contributed by atoms with Crippen molar-refractivity contribution in [2.75, 3.05) is 6.54 Å². The van der Waals surface area contributed by atoms with Crippen LogP contribution >= 0.6 is 0 Å². The number of sulfonamides is 1. The Kier molecular flexibility index (Phi) is 4.21. The fraction of sp³-hybridized carbons (Fsp3) is 0.500. The average Bonchev–Trinajstić information content (AvgIpc) is 2.99. The summed E-state index contributed by atoms with van der Waals surface area (Å²) < 4.78 is 31.4. The normalized spacial score (nSPS) is 15.9. The van der Waals surface area contributed by atoms with E-state index >= 15 is 0 Å². The van der Waals surface area contributed by atoms with Gasteiger partial charge in [0.1, 0.15) is 5.76 Å². The van der Waals surface area contributed by atoms with E-state index in [1.807, 2.05) is 0 Å². The van der Waals surface area contributed by atoms with E-state index in [4.69, 9.17) is 10.2 Å². The second kappa shape index (κ2) is 5.69. The van der Waals surface area contributed by atoms with E-state index in [1.165, 1.54) is 18.1 Å². The lowest BCUT2D eigenvalue weighted by Gasteiger charge is -2.04. The van der Waals surface area contributed by atoms with Crippen LogP contribution in [0.1, 0.15) is 31.4 Å². The molecule has 1 aliphatic carbocycles. The number of nitrogens with one attached hydrogen (secondary N) is 1. The van der Waals surface area contributed by atoms with E-state index in [0.717, 1.165) is 19.3 Å². The number of rotatable bonds is 6. The minimum absolute atomic E-state index is 0.0663. The fourth-order valence-electron chi connectivity index (χ4n) is 1.99. The van der Waals surface area contributed by atoms with Gasteiger partial charge >= 0.3 is 0 Å². The number of nitrogens with two attached hydrogens (primary N) is 1. The summed E-state index contributed by atoms with van der Waals surface area (Å²) in [4.78, 5) is 0. The molecule has 1 heterocycles. The molecular formula is C12H18N2O3S. The van der Waals surface area contributed by atoms with Crippen molar-refractivity contribution in [2.45, 2.75) is 37.3 Å². The molecule has 0 aliphatic heterocycles. The Balaban J connectivity index is 1.90. The van der Waals surface area contributed by atoms with Crippen LogP contribution in [0.5, 0.6) is 0 Å². The zero-order valence-corrected chi connectivity index (χ0v) is 11.0. The zero-order valence-electron chi connectivity index (χ0n) is 10.2. The van der Waals surface area contributed by atoms with Gasteiger partial charge in [-0.05, 0) is 37.8 Å². The summed E-state index contributed by atoms with van der Waals surface area (Å²) in [6.45, 7) is 0.606. The minimum Gasteiger partial charge on any atom is -0.447 e. The molecule has 1 aromatic rings. The van der Waals surface area contributed by atoms with Gasteiger partial charge in [0, 0.05) is 6.54 Å². The molecular weight excluding hydrogens is 252 g/mol. The summed E-state index contributed by atoms with van der Waals surface area (Å²) in [6, 6.07) is 3.01. The molecule has 0 saturated heterocycles. The first-order valence-electron chi connectivity index (χ1n) is 6.08. The molecule has 6 heteroatoms. The molecule has 3 N–H and O–H groups in total. The van der Waals surface area contributed by atoms with Gasteiger partial charge in [0.15, 0.2) is 0 Å². The van der Waals surface area contributed by atoms with Gasteiger partial charge in [-0.25, -0.2) is 13.1 Å². The van der Waals surface area contributed by atoms with Crippen molar-refractivity contribution in [1.82, 2.24) is 4.72 Å². The van der Waals surface area contributed by atoms with Crippen LogP contribution in [0, 0.1) is 0 Å². The van der Waals surface area contributed by atoms with Gasteiger partial charge in [-0.2, -0.15) is 0 Å². The van der Waals surface area contributed by atoms with Crippen LogP contribution in [0.2, 0.25) is 0 Å². The Hall–Kier alpha value is -1.11. The molecule has 0 radical (unpaired) electrons. The summed E-state index contributed by atoms with van der Waals surface area (Å²) in [5.41, 5.74) is 6.71. The van der Waals surface area contributed by atoms with Crippen LogP contribution in [0.3, 0.4) is 0 Å². The number of allylic oxidation sites excluding steroid dienone is 1. The van der Waals surface area contributed by atoms with Crippen molar-refractivity contribution < 1.29 is 12.8 Å². The summed E-state index contributed by atoms with van der Waals surface area (Å²) in [5, 5.41) is -0.0663. The molecule has 0 aromatic carbocycles. The Morgan fingerprint density at radius 3 is 2.83 bits per heavy atom. The first kappa shape index (κ1) is 13.3. The van der Waals surface area contributed by atoms with Gasteiger partial charge in [-0.15, -0.1) is 0 Å². The molecule has 100 valence electrons. The SMILES string of the molecule is NCc1ccc(S(=O)(=O)NCCC2=CCCC2)o1. The van der Waals surface area contributed by atoms with Gasteiger partial charge < -0.3 is 10.2 Å². The minimum atomic E-state index is -3.54. The Morgan fingerprint density at radius 1 is 1.39 bits per heavy atom. The molecule has 18 heavy (non-hydrogen) atoms. The van der Waals surface area contributed by atoms with Crippen molar-refractivity contribution in [1.29, 1.82) is 0 Å². The maximum atomic E-state index is 11.9. The van der Waals surface area contributed by atoms with Crippen LogP contribution in [-0.4, -0.2) is 15.0 Å². The van der Waals surface area contributed by atoms with Gasteiger partial charge in [0.25, 0.3) is 10.0 Å². The summed E-state index contributed by atoms with van der Waals surface area (Å²) in [7, 11) is -3.54. The van der Waals surface area contributed by atoms with Crippen molar-refractivity contribution in [3.8, 4) is 0 Å². The predicted octanol–water partition coefficient (Wildman–Crippen LogP) is 1.52. The quantitative estimate of drug-likeness (QED) is 0.767. The lowest BCUT2D eigenvalue weighted by molar-refractivity contribution is 0.413. The van der Waals surface area contributed by atoms with Crippen LogP contribution in [-0.2, 0) is 16.6 Å². The highest BCUT2D eigenvalue weighted by Gasteiger charge is 2.18.